The van der Waals surface area contributed by atoms with Gasteiger partial charge in [-0.05, 0) is 62.2 Å². The molecule has 0 bridgehead atoms. The highest BCUT2D eigenvalue weighted by molar-refractivity contribution is 5.94. The Morgan fingerprint density at radius 2 is 1.69 bits per heavy atom. The lowest BCUT2D eigenvalue weighted by atomic mass is 9.92. The average Bonchev–Trinajstić information content (AvgIpc) is 2.92. The second kappa shape index (κ2) is 13.2. The third kappa shape index (κ3) is 7.26. The van der Waals surface area contributed by atoms with Gasteiger partial charge in [-0.25, -0.2) is 0 Å². The SMILES string of the molecule is C=CCN1C[C@@H](C)N(C(c2cccc(O)c2)c2cccc(C(=O)N3CCN(CCCC(=O)O)CC3)c2)C[C@H]1C. The molecule has 0 radical (unpaired) electrons. The van der Waals surface area contributed by atoms with Crippen LogP contribution in [-0.4, -0.2) is 106 Å². The average molecular weight is 535 g/mol. The molecule has 1 amide bonds. The lowest BCUT2D eigenvalue weighted by molar-refractivity contribution is -0.137. The molecule has 2 fully saturated rings. The minimum absolute atomic E-state index is 0.0221. The number of aliphatic carboxylic acids is 1. The number of benzene rings is 2. The highest BCUT2D eigenvalue weighted by Gasteiger charge is 2.35. The largest absolute Gasteiger partial charge is 0.508 e. The number of phenols is 1. The van der Waals surface area contributed by atoms with E-state index in [0.717, 1.165) is 50.4 Å². The van der Waals surface area contributed by atoms with Crippen LogP contribution in [-0.2, 0) is 4.79 Å². The van der Waals surface area contributed by atoms with Crippen molar-refractivity contribution in [1.82, 2.24) is 19.6 Å². The zero-order chi connectivity index (χ0) is 27.9. The van der Waals surface area contributed by atoms with Gasteiger partial charge in [-0.1, -0.05) is 30.3 Å². The van der Waals surface area contributed by atoms with Crippen LogP contribution in [0.15, 0.2) is 61.2 Å². The summed E-state index contributed by atoms with van der Waals surface area (Å²) < 4.78 is 0. The van der Waals surface area contributed by atoms with Crippen molar-refractivity contribution in [3.05, 3.63) is 77.9 Å². The maximum absolute atomic E-state index is 13.5. The molecule has 0 spiro atoms. The number of amides is 1. The Bertz CT molecular complexity index is 1150. The van der Waals surface area contributed by atoms with Crippen molar-refractivity contribution < 1.29 is 19.8 Å². The highest BCUT2D eigenvalue weighted by atomic mass is 16.4. The monoisotopic (exact) mass is 534 g/mol. The topological polar surface area (TPSA) is 87.6 Å². The molecule has 2 saturated heterocycles. The smallest absolute Gasteiger partial charge is 0.303 e. The van der Waals surface area contributed by atoms with Gasteiger partial charge in [0, 0.05) is 69.9 Å². The molecule has 2 aliphatic rings. The van der Waals surface area contributed by atoms with E-state index in [9.17, 15) is 14.7 Å². The Morgan fingerprint density at radius 1 is 1.00 bits per heavy atom. The number of hydrogen-bond donors (Lipinski definition) is 2. The van der Waals surface area contributed by atoms with Gasteiger partial charge in [0.15, 0.2) is 0 Å². The van der Waals surface area contributed by atoms with Gasteiger partial charge >= 0.3 is 5.97 Å². The van der Waals surface area contributed by atoms with E-state index in [4.69, 9.17) is 5.11 Å². The van der Waals surface area contributed by atoms with Crippen LogP contribution in [0.4, 0.5) is 0 Å². The van der Waals surface area contributed by atoms with E-state index in [2.05, 4.69) is 47.3 Å². The van der Waals surface area contributed by atoms with Gasteiger partial charge in [-0.15, -0.1) is 6.58 Å². The molecule has 0 aliphatic carbocycles. The first-order valence-electron chi connectivity index (χ1n) is 14.0. The molecule has 2 aromatic rings. The van der Waals surface area contributed by atoms with E-state index in [0.29, 0.717) is 31.1 Å². The van der Waals surface area contributed by atoms with Crippen molar-refractivity contribution in [2.75, 3.05) is 52.4 Å². The Balaban J connectivity index is 1.53. The van der Waals surface area contributed by atoms with Crippen molar-refractivity contribution in [3.63, 3.8) is 0 Å². The van der Waals surface area contributed by atoms with Gasteiger partial charge in [-0.3, -0.25) is 24.3 Å². The van der Waals surface area contributed by atoms with Crippen LogP contribution in [0.2, 0.25) is 0 Å². The molecule has 2 aromatic carbocycles. The zero-order valence-corrected chi connectivity index (χ0v) is 23.2. The third-order valence-corrected chi connectivity index (χ3v) is 8.02. The summed E-state index contributed by atoms with van der Waals surface area (Å²) in [5, 5.41) is 19.2. The van der Waals surface area contributed by atoms with E-state index < -0.39 is 5.97 Å². The molecule has 8 nitrogen and oxygen atoms in total. The van der Waals surface area contributed by atoms with Crippen molar-refractivity contribution >= 4 is 11.9 Å². The molecule has 39 heavy (non-hydrogen) atoms. The van der Waals surface area contributed by atoms with E-state index >= 15 is 0 Å². The summed E-state index contributed by atoms with van der Waals surface area (Å²) in [5.74, 6) is -0.513. The molecular formula is C31H42N4O4. The van der Waals surface area contributed by atoms with E-state index in [1.54, 1.807) is 6.07 Å². The molecular weight excluding hydrogens is 492 g/mol. The van der Waals surface area contributed by atoms with Gasteiger partial charge < -0.3 is 15.1 Å². The van der Waals surface area contributed by atoms with E-state index in [1.165, 1.54) is 0 Å². The standard InChI is InChI=1S/C31H42N4O4/c1-4-13-34-21-24(3)35(22-23(34)2)30(26-9-6-11-28(36)20-26)25-8-5-10-27(19-25)31(39)33-17-15-32(16-18-33)14-7-12-29(37)38/h4-6,8-11,19-20,23-24,30,36H,1,7,12-18,21-22H2,2-3H3,(H,37,38)/t23-,24-,30?/m1/s1. The Kier molecular flexibility index (Phi) is 9.78. The summed E-state index contributed by atoms with van der Waals surface area (Å²) in [6.45, 7) is 14.5. The first-order valence-corrected chi connectivity index (χ1v) is 14.0. The number of carboxylic acids is 1. The molecule has 0 saturated carbocycles. The van der Waals surface area contributed by atoms with Crippen LogP contribution in [0.3, 0.4) is 0 Å². The van der Waals surface area contributed by atoms with E-state index in [-0.39, 0.29) is 30.2 Å². The lowest BCUT2D eigenvalue weighted by Gasteiger charge is -2.47. The molecule has 3 atom stereocenters. The maximum Gasteiger partial charge on any atom is 0.303 e. The van der Waals surface area contributed by atoms with Gasteiger partial charge in [0.2, 0.25) is 0 Å². The van der Waals surface area contributed by atoms with Crippen LogP contribution >= 0.6 is 0 Å². The lowest BCUT2D eigenvalue weighted by Crippen LogP contribution is -2.57. The number of phenolic OH excluding ortho intramolecular Hbond substituents is 1. The number of carbonyl (C=O) groups excluding carboxylic acids is 1. The predicted molar refractivity (Wildman–Crippen MR) is 153 cm³/mol. The van der Waals surface area contributed by atoms with Crippen LogP contribution in [0.5, 0.6) is 5.75 Å². The predicted octanol–water partition coefficient (Wildman–Crippen LogP) is 3.68. The number of hydrogen-bond acceptors (Lipinski definition) is 6. The quantitative estimate of drug-likeness (QED) is 0.450. The van der Waals surface area contributed by atoms with Crippen molar-refractivity contribution in [1.29, 1.82) is 0 Å². The summed E-state index contributed by atoms with van der Waals surface area (Å²) in [6, 6.07) is 15.9. The first-order chi connectivity index (χ1) is 18.8. The van der Waals surface area contributed by atoms with Crippen LogP contribution in [0, 0.1) is 0 Å². The summed E-state index contributed by atoms with van der Waals surface area (Å²) in [5.41, 5.74) is 2.71. The van der Waals surface area contributed by atoms with E-state index in [1.807, 2.05) is 41.3 Å². The van der Waals surface area contributed by atoms with Crippen molar-refractivity contribution in [2.45, 2.75) is 44.8 Å². The van der Waals surface area contributed by atoms with Crippen LogP contribution in [0.1, 0.15) is 54.2 Å². The minimum Gasteiger partial charge on any atom is -0.508 e. The van der Waals surface area contributed by atoms with Gasteiger partial charge in [0.25, 0.3) is 5.91 Å². The summed E-state index contributed by atoms with van der Waals surface area (Å²) in [6.07, 6.45) is 2.75. The first kappa shape index (κ1) is 28.8. The summed E-state index contributed by atoms with van der Waals surface area (Å²) >= 11 is 0. The fourth-order valence-electron chi connectivity index (χ4n) is 5.93. The molecule has 4 rings (SSSR count). The zero-order valence-electron chi connectivity index (χ0n) is 23.2. The minimum atomic E-state index is -0.768. The number of carboxylic acid groups (broad SMARTS) is 1. The number of piperazine rings is 2. The van der Waals surface area contributed by atoms with Crippen molar-refractivity contribution in [2.24, 2.45) is 0 Å². The van der Waals surface area contributed by atoms with Gasteiger partial charge in [0.1, 0.15) is 5.75 Å². The molecule has 2 aliphatic heterocycles. The second-order valence-electron chi connectivity index (χ2n) is 10.9. The highest BCUT2D eigenvalue weighted by Crippen LogP contribution is 2.35. The molecule has 210 valence electrons. The van der Waals surface area contributed by atoms with Gasteiger partial charge in [0.05, 0.1) is 6.04 Å². The molecule has 2 N–H and O–H groups in total. The van der Waals surface area contributed by atoms with Crippen LogP contribution < -0.4 is 0 Å². The number of aromatic hydroxyl groups is 1. The Morgan fingerprint density at radius 3 is 2.36 bits per heavy atom. The molecule has 2 heterocycles. The summed E-state index contributed by atoms with van der Waals surface area (Å²) in [4.78, 5) is 33.4. The Hall–Kier alpha value is -3.20. The number of nitrogens with zero attached hydrogens (tertiary/aromatic N) is 4. The molecule has 1 unspecified atom stereocenters. The second-order valence-corrected chi connectivity index (χ2v) is 10.9. The molecule has 8 heteroatoms. The normalized spacial score (nSPS) is 21.9. The maximum atomic E-state index is 13.5. The fourth-order valence-corrected chi connectivity index (χ4v) is 5.93. The number of carbonyl (C=O) groups is 2. The Labute approximate surface area is 232 Å². The fraction of sp³-hybridized carbons (Fsp3) is 0.484. The third-order valence-electron chi connectivity index (χ3n) is 8.02. The van der Waals surface area contributed by atoms with Crippen molar-refractivity contribution in [3.8, 4) is 5.75 Å². The molecule has 0 aromatic heterocycles. The number of rotatable bonds is 10. The van der Waals surface area contributed by atoms with Gasteiger partial charge in [-0.2, -0.15) is 0 Å². The summed E-state index contributed by atoms with van der Waals surface area (Å²) in [7, 11) is 0. The van der Waals surface area contributed by atoms with Crippen LogP contribution in [0.25, 0.3) is 0 Å².